The van der Waals surface area contributed by atoms with E-state index in [4.69, 9.17) is 18.9 Å². The third kappa shape index (κ3) is 21.4. The zero-order valence-electron chi connectivity index (χ0n) is 51.3. The zero-order valence-corrected chi connectivity index (χ0v) is 54.6. The van der Waals surface area contributed by atoms with Crippen LogP contribution in [0.2, 0.25) is 0 Å². The number of halogens is 4. The minimum Gasteiger partial charge on any atom is -0.744 e. The highest BCUT2D eigenvalue weighted by Crippen LogP contribution is 2.35. The maximum absolute atomic E-state index is 13.8. The van der Waals surface area contributed by atoms with Crippen LogP contribution < -0.4 is 18.9 Å². The van der Waals surface area contributed by atoms with Gasteiger partial charge in [0.2, 0.25) is 11.6 Å². The molecule has 0 amide bonds. The molecular formula is C74H72F4O10S4. The molecule has 10 aromatic rings. The minimum absolute atomic E-state index is 0.0146. The molecule has 2 atom stereocenters. The highest BCUT2D eigenvalue weighted by atomic mass is 32.2. The van der Waals surface area contributed by atoms with Crippen LogP contribution in [0.1, 0.15) is 76.3 Å². The summed E-state index contributed by atoms with van der Waals surface area (Å²) in [5.74, 6) is -7.42. The van der Waals surface area contributed by atoms with Gasteiger partial charge in [-0.25, -0.2) is 25.6 Å². The fourth-order valence-corrected chi connectivity index (χ4v) is 14.2. The molecule has 0 spiro atoms. The molecule has 18 heteroatoms. The molecule has 480 valence electrons. The molecular weight excluding hydrogens is 1250 g/mol. The van der Waals surface area contributed by atoms with E-state index in [9.17, 15) is 43.5 Å². The Kier molecular flexibility index (Phi) is 27.8. The molecule has 10 rings (SSSR count). The maximum Gasteiger partial charge on any atom is 0.205 e. The van der Waals surface area contributed by atoms with Crippen molar-refractivity contribution in [3.8, 4) is 23.0 Å². The summed E-state index contributed by atoms with van der Waals surface area (Å²) < 4.78 is 141. The number of ether oxygens (including phenoxy) is 4. The van der Waals surface area contributed by atoms with Gasteiger partial charge in [-0.2, -0.15) is 8.78 Å². The van der Waals surface area contributed by atoms with E-state index in [-0.39, 0.29) is 46.3 Å². The number of hydrogen-bond donors (Lipinski definition) is 0. The predicted octanol–water partition coefficient (Wildman–Crippen LogP) is 18.0. The molecule has 0 aliphatic rings. The van der Waals surface area contributed by atoms with Gasteiger partial charge in [-0.05, 0) is 157 Å². The first-order valence-corrected chi connectivity index (χ1v) is 35.0. The molecule has 0 fully saturated rings. The largest absolute Gasteiger partial charge is 0.744 e. The lowest BCUT2D eigenvalue weighted by molar-refractivity contribution is 0.226. The molecule has 92 heavy (non-hydrogen) atoms. The molecule has 0 aliphatic carbocycles. The summed E-state index contributed by atoms with van der Waals surface area (Å²) in [7, 11) is -10.2. The fourth-order valence-electron chi connectivity index (χ4n) is 8.91. The molecule has 0 aliphatic heterocycles. The van der Waals surface area contributed by atoms with Gasteiger partial charge in [0.15, 0.2) is 46.8 Å². The lowest BCUT2D eigenvalue weighted by Gasteiger charge is -2.15. The van der Waals surface area contributed by atoms with Crippen LogP contribution in [0.4, 0.5) is 17.6 Å². The minimum atomic E-state index is -5.75. The van der Waals surface area contributed by atoms with Crippen LogP contribution in [0.3, 0.4) is 0 Å². The van der Waals surface area contributed by atoms with Crippen molar-refractivity contribution in [2.75, 3.05) is 26.4 Å². The predicted molar refractivity (Wildman–Crippen MR) is 353 cm³/mol. The van der Waals surface area contributed by atoms with Gasteiger partial charge >= 0.3 is 0 Å². The highest BCUT2D eigenvalue weighted by Gasteiger charge is 2.31. The number of hydrogen-bond acceptors (Lipinski definition) is 10. The van der Waals surface area contributed by atoms with Gasteiger partial charge in [0.05, 0.1) is 53.1 Å². The van der Waals surface area contributed by atoms with Crippen molar-refractivity contribution in [2.45, 2.75) is 104 Å². The second-order valence-electron chi connectivity index (χ2n) is 20.6. The Morgan fingerprint density at radius 1 is 0.348 bits per heavy atom. The second kappa shape index (κ2) is 36.0. The molecule has 0 bridgehead atoms. The molecule has 0 saturated carbocycles. The van der Waals surface area contributed by atoms with Crippen LogP contribution in [0.15, 0.2) is 294 Å². The first kappa shape index (κ1) is 71.1. The molecule has 0 radical (unpaired) electrons. The summed E-state index contributed by atoms with van der Waals surface area (Å²) in [6, 6.07) is 85.2. The quantitative estimate of drug-likeness (QED) is 0.0188. The van der Waals surface area contributed by atoms with E-state index in [0.717, 1.165) is 24.2 Å². The summed E-state index contributed by atoms with van der Waals surface area (Å²) in [6.07, 6.45) is 2.90. The van der Waals surface area contributed by atoms with Crippen LogP contribution in [0.25, 0.3) is 0 Å². The van der Waals surface area contributed by atoms with Gasteiger partial charge in [-0.1, -0.05) is 161 Å². The van der Waals surface area contributed by atoms with E-state index < -0.39 is 54.2 Å². The van der Waals surface area contributed by atoms with Crippen molar-refractivity contribution in [3.63, 3.8) is 0 Å². The molecule has 2 unspecified atom stereocenters. The molecule has 0 N–H and O–H groups in total. The molecule has 10 aromatic carbocycles. The molecule has 10 nitrogen and oxygen atoms in total. The standard InChI is InChI=1S/C19H20F4O5S.C19H24O5S.2C18H15S/c1-3-11(2)12-5-7-13(8-6-12)27-9-4-10-28-18-14(20)16(22)19(29(24,25)26)17(23)15(18)21;1-3-15(2)16-5-7-17(8-6-16)23-13-4-14-24-18-9-11-19(12-10-18)25(20,21)22;2*1-4-10-16(11-5-1)19(17-12-6-2-7-13-17)18-14-8-3-9-15-18/h5-8,11H,3-4,9-10H2,1-2H3,(H,24,25,26);5-12,15H,3-4,13-14H2,1-2H3,(H,20,21,22);2*1-15H/q;;2*+1/p-2. The third-order valence-corrected chi connectivity index (χ3v) is 20.3. The fraction of sp³-hybridized carbons (Fsp3) is 0.189. The van der Waals surface area contributed by atoms with Crippen LogP contribution in [0, 0.1) is 23.3 Å². The Hall–Kier alpha value is -8.36. The average Bonchev–Trinajstić information content (AvgIpc) is 0.799. The Morgan fingerprint density at radius 2 is 0.598 bits per heavy atom. The van der Waals surface area contributed by atoms with E-state index >= 15 is 0 Å². The lowest BCUT2D eigenvalue weighted by Crippen LogP contribution is -2.13. The molecule has 0 saturated heterocycles. The lowest BCUT2D eigenvalue weighted by atomic mass is 9.99. The topological polar surface area (TPSA) is 151 Å². The Bertz CT molecular complexity index is 3680. The normalized spacial score (nSPS) is 11.8. The molecule has 0 heterocycles. The van der Waals surface area contributed by atoms with Crippen LogP contribution in [-0.4, -0.2) is 52.4 Å². The SMILES string of the molecule is CCC(C)c1ccc(OCCCOc2c(F)c(F)c(S(=O)(=O)[O-])c(F)c2F)cc1.CCC(C)c1ccc(OCCCOc2ccc(S(=O)(=O)[O-])cc2)cc1.c1ccc([S+](c2ccccc2)c2ccccc2)cc1.c1ccc([S+](c2ccccc2)c2ccccc2)cc1. The van der Waals surface area contributed by atoms with Crippen molar-refractivity contribution in [1.29, 1.82) is 0 Å². The van der Waals surface area contributed by atoms with Gasteiger partial charge in [0.1, 0.15) is 42.4 Å². The number of rotatable bonds is 24. The Balaban J connectivity index is 0.000000176. The summed E-state index contributed by atoms with van der Waals surface area (Å²) in [5, 5.41) is 0. The second-order valence-corrected chi connectivity index (χ2v) is 27.4. The van der Waals surface area contributed by atoms with E-state index in [1.165, 1.54) is 59.2 Å². The van der Waals surface area contributed by atoms with Crippen molar-refractivity contribution in [3.05, 3.63) is 289 Å². The van der Waals surface area contributed by atoms with Gasteiger partial charge < -0.3 is 28.1 Å². The molecule has 0 aromatic heterocycles. The monoisotopic (exact) mass is 1320 g/mol. The smallest absolute Gasteiger partial charge is 0.205 e. The van der Waals surface area contributed by atoms with Crippen molar-refractivity contribution in [1.82, 2.24) is 0 Å². The van der Waals surface area contributed by atoms with Crippen LogP contribution in [-0.2, 0) is 42.0 Å². The Labute approximate surface area is 544 Å². The van der Waals surface area contributed by atoms with Gasteiger partial charge in [-0.3, -0.25) is 0 Å². The maximum atomic E-state index is 13.8. The third-order valence-electron chi connectivity index (χ3n) is 14.2. The van der Waals surface area contributed by atoms with Gasteiger partial charge in [0.25, 0.3) is 0 Å². The summed E-state index contributed by atoms with van der Waals surface area (Å²) >= 11 is 0. The van der Waals surface area contributed by atoms with Gasteiger partial charge in [-0.15, -0.1) is 0 Å². The van der Waals surface area contributed by atoms with Crippen LogP contribution >= 0.6 is 0 Å². The zero-order chi connectivity index (χ0) is 65.9. The van der Waals surface area contributed by atoms with E-state index in [2.05, 4.69) is 222 Å². The first-order chi connectivity index (χ1) is 44.4. The van der Waals surface area contributed by atoms with Crippen molar-refractivity contribution >= 4 is 42.0 Å². The van der Waals surface area contributed by atoms with Gasteiger partial charge in [0, 0.05) is 12.8 Å². The summed E-state index contributed by atoms with van der Waals surface area (Å²) in [6.45, 7) is 9.21. The van der Waals surface area contributed by atoms with Crippen LogP contribution in [0.5, 0.6) is 23.0 Å². The average molecular weight is 1330 g/mol. The number of benzene rings is 10. The van der Waals surface area contributed by atoms with Crippen molar-refractivity contribution < 1.29 is 62.5 Å². The van der Waals surface area contributed by atoms with E-state index in [1.807, 2.05) is 24.3 Å². The van der Waals surface area contributed by atoms with Crippen molar-refractivity contribution in [2.24, 2.45) is 0 Å². The Morgan fingerprint density at radius 3 is 0.837 bits per heavy atom. The first-order valence-electron chi connectivity index (χ1n) is 29.8. The summed E-state index contributed by atoms with van der Waals surface area (Å²) in [5.41, 5.74) is 2.46. The van der Waals surface area contributed by atoms with E-state index in [0.29, 0.717) is 43.0 Å². The summed E-state index contributed by atoms with van der Waals surface area (Å²) in [4.78, 5) is 5.69. The van der Waals surface area contributed by atoms with E-state index in [1.54, 1.807) is 12.1 Å². The highest BCUT2D eigenvalue weighted by molar-refractivity contribution is 7.97.